The van der Waals surface area contributed by atoms with E-state index < -0.39 is 0 Å². The molecule has 1 aromatic heterocycles. The van der Waals surface area contributed by atoms with Gasteiger partial charge in [0.2, 0.25) is 0 Å². The standard InChI is InChI=1S/C25H29NO3/c1-3-19-11-7-8-14-26(19)16-22-23(27)13-12-20-17(2)21(25(28)29-24(20)22)15-18-9-5-4-6-10-18/h4-6,9-10,12-13,19,27H,3,7-8,11,14-16H2,1-2H3/p+1/t19-/m1/s1. The van der Waals surface area contributed by atoms with Gasteiger partial charge >= 0.3 is 5.63 Å². The van der Waals surface area contributed by atoms with Gasteiger partial charge in [0.15, 0.2) is 5.58 Å². The Morgan fingerprint density at radius 2 is 1.90 bits per heavy atom. The van der Waals surface area contributed by atoms with E-state index in [9.17, 15) is 9.90 Å². The average molecular weight is 393 g/mol. The lowest BCUT2D eigenvalue weighted by atomic mass is 9.96. The molecule has 0 radical (unpaired) electrons. The monoisotopic (exact) mass is 392 g/mol. The van der Waals surface area contributed by atoms with Crippen molar-refractivity contribution in [2.45, 2.75) is 58.5 Å². The number of aromatic hydroxyl groups is 1. The third-order valence-corrected chi connectivity index (χ3v) is 6.53. The van der Waals surface area contributed by atoms with Crippen LogP contribution in [0.3, 0.4) is 0 Å². The summed E-state index contributed by atoms with van der Waals surface area (Å²) in [6.45, 7) is 6.02. The molecule has 4 nitrogen and oxygen atoms in total. The number of phenols is 1. The van der Waals surface area contributed by atoms with Crippen molar-refractivity contribution in [3.8, 4) is 5.75 Å². The lowest BCUT2D eigenvalue weighted by Gasteiger charge is -2.32. The highest BCUT2D eigenvalue weighted by molar-refractivity contribution is 5.85. The quantitative estimate of drug-likeness (QED) is 0.651. The van der Waals surface area contributed by atoms with E-state index >= 15 is 0 Å². The van der Waals surface area contributed by atoms with Crippen molar-refractivity contribution in [1.82, 2.24) is 0 Å². The van der Waals surface area contributed by atoms with Gasteiger partial charge in [-0.05, 0) is 55.9 Å². The van der Waals surface area contributed by atoms with E-state index in [0.29, 0.717) is 30.2 Å². The van der Waals surface area contributed by atoms with Crippen molar-refractivity contribution in [2.24, 2.45) is 0 Å². The zero-order valence-corrected chi connectivity index (χ0v) is 17.3. The molecule has 0 saturated carbocycles. The Kier molecular flexibility index (Phi) is 5.72. The number of piperidine rings is 1. The van der Waals surface area contributed by atoms with Gasteiger partial charge in [0, 0.05) is 17.4 Å². The van der Waals surface area contributed by atoms with Gasteiger partial charge in [-0.1, -0.05) is 37.3 Å². The minimum absolute atomic E-state index is 0.226. The smallest absolute Gasteiger partial charge is 0.340 e. The van der Waals surface area contributed by atoms with Crippen molar-refractivity contribution in [2.75, 3.05) is 6.54 Å². The largest absolute Gasteiger partial charge is 0.507 e. The van der Waals surface area contributed by atoms with Crippen LogP contribution in [0.15, 0.2) is 51.7 Å². The lowest BCUT2D eigenvalue weighted by molar-refractivity contribution is -0.944. The second-order valence-electron chi connectivity index (χ2n) is 8.28. The number of likely N-dealkylation sites (tertiary alicyclic amines) is 1. The van der Waals surface area contributed by atoms with Crippen LogP contribution in [0.2, 0.25) is 0 Å². The number of aryl methyl sites for hydroxylation is 1. The Morgan fingerprint density at radius 3 is 2.66 bits per heavy atom. The molecule has 2 N–H and O–H groups in total. The molecule has 2 aromatic carbocycles. The van der Waals surface area contributed by atoms with Crippen LogP contribution in [-0.2, 0) is 13.0 Å². The molecule has 4 heteroatoms. The maximum Gasteiger partial charge on any atom is 0.340 e. The summed E-state index contributed by atoms with van der Waals surface area (Å²) in [6.07, 6.45) is 5.39. The Morgan fingerprint density at radius 1 is 1.10 bits per heavy atom. The fourth-order valence-electron chi connectivity index (χ4n) is 4.78. The summed E-state index contributed by atoms with van der Waals surface area (Å²) in [5, 5.41) is 11.5. The van der Waals surface area contributed by atoms with Gasteiger partial charge in [0.05, 0.1) is 18.2 Å². The van der Waals surface area contributed by atoms with Crippen LogP contribution in [0.4, 0.5) is 0 Å². The zero-order valence-electron chi connectivity index (χ0n) is 17.3. The topological polar surface area (TPSA) is 54.9 Å². The minimum atomic E-state index is -0.300. The predicted molar refractivity (Wildman–Crippen MR) is 116 cm³/mol. The van der Waals surface area contributed by atoms with Crippen LogP contribution < -0.4 is 10.5 Å². The molecule has 0 spiro atoms. The van der Waals surface area contributed by atoms with E-state index in [2.05, 4.69) is 6.92 Å². The Hall–Kier alpha value is -2.59. The molecule has 29 heavy (non-hydrogen) atoms. The Balaban J connectivity index is 1.76. The van der Waals surface area contributed by atoms with Gasteiger partial charge in [-0.3, -0.25) is 0 Å². The van der Waals surface area contributed by atoms with Crippen LogP contribution >= 0.6 is 0 Å². The lowest BCUT2D eigenvalue weighted by Crippen LogP contribution is -3.15. The van der Waals surface area contributed by atoms with E-state index in [1.807, 2.05) is 43.3 Å². The predicted octanol–water partition coefficient (Wildman–Crippen LogP) is 3.75. The Bertz CT molecular complexity index is 1060. The summed E-state index contributed by atoms with van der Waals surface area (Å²) in [7, 11) is 0. The number of hydrogen-bond acceptors (Lipinski definition) is 3. The van der Waals surface area contributed by atoms with Gasteiger partial charge in [-0.2, -0.15) is 0 Å². The van der Waals surface area contributed by atoms with Crippen molar-refractivity contribution in [1.29, 1.82) is 0 Å². The Labute approximate surface area is 171 Å². The summed E-state index contributed by atoms with van der Waals surface area (Å²) < 4.78 is 5.84. The summed E-state index contributed by atoms with van der Waals surface area (Å²) in [5.74, 6) is 0.226. The number of hydrogen-bond donors (Lipinski definition) is 2. The fourth-order valence-corrected chi connectivity index (χ4v) is 4.78. The third kappa shape index (κ3) is 3.95. The van der Waals surface area contributed by atoms with Gasteiger partial charge in [-0.15, -0.1) is 0 Å². The first kappa shape index (κ1) is 19.7. The molecule has 1 saturated heterocycles. The molecular formula is C25H30NO3+. The van der Waals surface area contributed by atoms with Gasteiger partial charge in [0.25, 0.3) is 0 Å². The first-order valence-corrected chi connectivity index (χ1v) is 10.7. The van der Waals surface area contributed by atoms with Gasteiger partial charge in [-0.25, -0.2) is 4.79 Å². The molecule has 152 valence electrons. The number of nitrogens with one attached hydrogen (secondary N) is 1. The van der Waals surface area contributed by atoms with Crippen LogP contribution in [0.1, 0.15) is 54.9 Å². The number of fused-ring (bicyclic) bond motifs is 1. The molecule has 2 heterocycles. The number of phenolic OH excluding ortho intramolecular Hbond substituents is 1. The number of rotatable bonds is 5. The summed E-state index contributed by atoms with van der Waals surface area (Å²) >= 11 is 0. The van der Waals surface area contributed by atoms with Crippen LogP contribution in [0.5, 0.6) is 5.75 Å². The van der Waals surface area contributed by atoms with E-state index in [1.54, 1.807) is 6.07 Å². The maximum atomic E-state index is 12.9. The number of quaternary nitrogens is 1. The molecule has 1 aliphatic heterocycles. The highest BCUT2D eigenvalue weighted by Gasteiger charge is 2.27. The highest BCUT2D eigenvalue weighted by atomic mass is 16.4. The molecule has 3 aromatic rings. The van der Waals surface area contributed by atoms with Gasteiger partial charge in [0.1, 0.15) is 12.3 Å². The average Bonchev–Trinajstić information content (AvgIpc) is 2.74. The molecule has 0 amide bonds. The SMILES string of the molecule is CC[C@@H]1CCCC[NH+]1Cc1c(O)ccc2c(C)c(Cc3ccccc3)c(=O)oc12. The van der Waals surface area contributed by atoms with Crippen molar-refractivity contribution >= 4 is 11.0 Å². The maximum absolute atomic E-state index is 12.9. The molecular weight excluding hydrogens is 362 g/mol. The van der Waals surface area contributed by atoms with Crippen LogP contribution in [0, 0.1) is 6.92 Å². The molecule has 1 fully saturated rings. The summed E-state index contributed by atoms with van der Waals surface area (Å²) in [4.78, 5) is 14.4. The molecule has 4 rings (SSSR count). The van der Waals surface area contributed by atoms with Crippen LogP contribution in [-0.4, -0.2) is 17.7 Å². The first-order valence-electron chi connectivity index (χ1n) is 10.7. The minimum Gasteiger partial charge on any atom is -0.507 e. The number of benzene rings is 2. The second kappa shape index (κ2) is 8.42. The van der Waals surface area contributed by atoms with E-state index in [0.717, 1.165) is 35.0 Å². The molecule has 2 atom stereocenters. The van der Waals surface area contributed by atoms with Crippen molar-refractivity contribution < 1.29 is 14.4 Å². The first-order chi connectivity index (χ1) is 14.1. The molecule has 0 aliphatic carbocycles. The molecule has 1 aliphatic rings. The summed E-state index contributed by atoms with van der Waals surface area (Å²) in [6, 6.07) is 14.2. The molecule has 0 bridgehead atoms. The van der Waals surface area contributed by atoms with E-state index in [1.165, 1.54) is 24.2 Å². The summed E-state index contributed by atoms with van der Waals surface area (Å²) in [5.41, 5.74) is 3.75. The second-order valence-corrected chi connectivity index (χ2v) is 8.28. The van der Waals surface area contributed by atoms with Gasteiger partial charge < -0.3 is 14.4 Å². The van der Waals surface area contributed by atoms with Crippen molar-refractivity contribution in [3.63, 3.8) is 0 Å². The normalized spacial score (nSPS) is 19.5. The van der Waals surface area contributed by atoms with E-state index in [4.69, 9.17) is 4.42 Å². The van der Waals surface area contributed by atoms with Crippen molar-refractivity contribution in [3.05, 3.63) is 75.1 Å². The fraction of sp³-hybridized carbons (Fsp3) is 0.400. The third-order valence-electron chi connectivity index (χ3n) is 6.53. The zero-order chi connectivity index (χ0) is 20.4. The highest BCUT2D eigenvalue weighted by Crippen LogP contribution is 2.29. The molecule has 1 unspecified atom stereocenters. The van der Waals surface area contributed by atoms with E-state index in [-0.39, 0.29) is 11.4 Å². The van der Waals surface area contributed by atoms with Crippen LogP contribution in [0.25, 0.3) is 11.0 Å².